The lowest BCUT2D eigenvalue weighted by atomic mass is 9.97. The molecule has 0 bridgehead atoms. The molecule has 0 radical (unpaired) electrons. The van der Waals surface area contributed by atoms with Gasteiger partial charge in [0, 0.05) is 35.6 Å². The first-order valence-corrected chi connectivity index (χ1v) is 9.69. The largest absolute Gasteiger partial charge is 0.619 e. The van der Waals surface area contributed by atoms with E-state index in [9.17, 15) is 14.8 Å². The van der Waals surface area contributed by atoms with Crippen LogP contribution in [0.3, 0.4) is 0 Å². The van der Waals surface area contributed by atoms with Gasteiger partial charge < -0.3 is 14.5 Å². The Hall–Kier alpha value is -2.89. The molecule has 0 spiro atoms. The first-order valence-electron chi connectivity index (χ1n) is 9.69. The highest BCUT2D eigenvalue weighted by Crippen LogP contribution is 2.23. The van der Waals surface area contributed by atoms with Crippen molar-refractivity contribution >= 4 is 11.8 Å². The van der Waals surface area contributed by atoms with Crippen LogP contribution in [0.1, 0.15) is 64.2 Å². The van der Waals surface area contributed by atoms with Gasteiger partial charge in [-0.25, -0.2) is 4.79 Å². The lowest BCUT2D eigenvalue weighted by Crippen LogP contribution is -2.24. The van der Waals surface area contributed by atoms with E-state index < -0.39 is 5.97 Å². The first-order chi connectivity index (χ1) is 13.5. The number of hydrogen-bond acceptors (Lipinski definition) is 4. The molecule has 0 atom stereocenters. The van der Waals surface area contributed by atoms with Gasteiger partial charge in [-0.05, 0) is 52.0 Å². The van der Waals surface area contributed by atoms with Crippen molar-refractivity contribution < 1.29 is 19.1 Å². The third-order valence-corrected chi connectivity index (χ3v) is 5.29. The molecule has 0 unspecified atom stereocenters. The molecule has 0 saturated carbocycles. The molecule has 0 saturated heterocycles. The molecular formula is C22H26N2O4. The summed E-state index contributed by atoms with van der Waals surface area (Å²) in [5.41, 5.74) is 4.27. The number of hydrogen-bond donors (Lipinski definition) is 0. The number of nitrogens with zero attached hydrogens (tertiary/aromatic N) is 2. The van der Waals surface area contributed by atoms with Crippen LogP contribution in [-0.4, -0.2) is 22.9 Å². The minimum Gasteiger partial charge on any atom is -0.619 e. The van der Waals surface area contributed by atoms with Gasteiger partial charge in [-0.15, -0.1) is 0 Å². The molecule has 0 fully saturated rings. The fourth-order valence-electron chi connectivity index (χ4n) is 3.66. The Morgan fingerprint density at radius 2 is 1.96 bits per heavy atom. The van der Waals surface area contributed by atoms with Crippen molar-refractivity contribution in [1.82, 2.24) is 4.57 Å². The maximum atomic E-state index is 12.6. The summed E-state index contributed by atoms with van der Waals surface area (Å²) in [6.07, 6.45) is 10.7. The number of ketones is 1. The van der Waals surface area contributed by atoms with E-state index in [0.29, 0.717) is 10.3 Å². The molecule has 1 aliphatic rings. The van der Waals surface area contributed by atoms with Crippen molar-refractivity contribution in [2.45, 2.75) is 52.5 Å². The minimum absolute atomic E-state index is 0.223. The van der Waals surface area contributed by atoms with Gasteiger partial charge in [0.1, 0.15) is 0 Å². The zero-order valence-electron chi connectivity index (χ0n) is 16.4. The zero-order valence-corrected chi connectivity index (χ0v) is 16.4. The second kappa shape index (κ2) is 8.87. The van der Waals surface area contributed by atoms with E-state index >= 15 is 0 Å². The Kier molecular flexibility index (Phi) is 6.29. The van der Waals surface area contributed by atoms with E-state index in [-0.39, 0.29) is 18.0 Å². The Morgan fingerprint density at radius 3 is 2.64 bits per heavy atom. The van der Waals surface area contributed by atoms with Crippen molar-refractivity contribution in [2.75, 3.05) is 6.61 Å². The molecule has 3 rings (SSSR count). The predicted molar refractivity (Wildman–Crippen MR) is 105 cm³/mol. The fraction of sp³-hybridized carbons (Fsp3) is 0.409. The van der Waals surface area contributed by atoms with Gasteiger partial charge in [0.2, 0.25) is 5.78 Å². The predicted octanol–water partition coefficient (Wildman–Crippen LogP) is 3.67. The van der Waals surface area contributed by atoms with Crippen LogP contribution in [0.2, 0.25) is 0 Å². The highest BCUT2D eigenvalue weighted by atomic mass is 16.5. The standard InChI is InChI=1S/C22H26N2O4/c1-16-14-20(17(2)24(16)13-8-18-6-4-3-5-7-18)21(25)15-28-22(26)19-9-11-23(27)12-10-19/h6,9-12,14H,3-5,7-8,13,15H2,1-2H3. The van der Waals surface area contributed by atoms with E-state index in [1.807, 2.05) is 19.9 Å². The quantitative estimate of drug-likeness (QED) is 0.241. The molecule has 2 aromatic heterocycles. The lowest BCUT2D eigenvalue weighted by Gasteiger charge is -2.15. The monoisotopic (exact) mass is 382 g/mol. The number of aromatic nitrogens is 2. The topological polar surface area (TPSA) is 75.2 Å². The number of pyridine rings is 1. The summed E-state index contributed by atoms with van der Waals surface area (Å²) in [4.78, 5) is 24.6. The van der Waals surface area contributed by atoms with Crippen LogP contribution in [-0.2, 0) is 11.3 Å². The summed E-state index contributed by atoms with van der Waals surface area (Å²) in [7, 11) is 0. The summed E-state index contributed by atoms with van der Waals surface area (Å²) in [6, 6.07) is 4.60. The van der Waals surface area contributed by atoms with Crippen LogP contribution >= 0.6 is 0 Å². The third kappa shape index (κ3) is 4.68. The summed E-state index contributed by atoms with van der Waals surface area (Å²) >= 11 is 0. The van der Waals surface area contributed by atoms with Crippen LogP contribution in [0.15, 0.2) is 42.2 Å². The molecule has 6 heteroatoms. The molecule has 0 amide bonds. The molecule has 1 aliphatic carbocycles. The molecule has 0 N–H and O–H groups in total. The van der Waals surface area contributed by atoms with Gasteiger partial charge in [0.25, 0.3) is 0 Å². The van der Waals surface area contributed by atoms with E-state index in [1.54, 1.807) is 0 Å². The van der Waals surface area contributed by atoms with Gasteiger partial charge >= 0.3 is 5.97 Å². The summed E-state index contributed by atoms with van der Waals surface area (Å²) in [6.45, 7) is 4.46. The minimum atomic E-state index is -0.619. The third-order valence-electron chi connectivity index (χ3n) is 5.29. The van der Waals surface area contributed by atoms with Crippen molar-refractivity contribution in [3.8, 4) is 0 Å². The van der Waals surface area contributed by atoms with Crippen molar-refractivity contribution in [1.29, 1.82) is 0 Å². The van der Waals surface area contributed by atoms with E-state index in [4.69, 9.17) is 4.74 Å². The maximum Gasteiger partial charge on any atom is 0.339 e. The first kappa shape index (κ1) is 19.9. The number of esters is 1. The van der Waals surface area contributed by atoms with Crippen molar-refractivity contribution in [2.24, 2.45) is 0 Å². The summed E-state index contributed by atoms with van der Waals surface area (Å²) < 4.78 is 7.87. The molecule has 148 valence electrons. The SMILES string of the molecule is Cc1cc(C(=O)COC(=O)c2cc[n+]([O-])cc2)c(C)n1CCC1=CCCCC1. The molecule has 6 nitrogen and oxygen atoms in total. The highest BCUT2D eigenvalue weighted by molar-refractivity contribution is 6.00. The van der Waals surface area contributed by atoms with Gasteiger partial charge in [-0.3, -0.25) is 4.79 Å². The number of Topliss-reactive ketones (excluding diaryl/α,β-unsaturated/α-hetero) is 1. The van der Waals surface area contributed by atoms with E-state index in [0.717, 1.165) is 24.4 Å². The molecule has 0 aromatic carbocycles. The zero-order chi connectivity index (χ0) is 20.1. The second-order valence-electron chi connectivity index (χ2n) is 7.24. The molecule has 2 heterocycles. The lowest BCUT2D eigenvalue weighted by molar-refractivity contribution is -0.605. The van der Waals surface area contributed by atoms with Gasteiger partial charge in [-0.1, -0.05) is 11.6 Å². The Morgan fingerprint density at radius 1 is 1.21 bits per heavy atom. The van der Waals surface area contributed by atoms with Gasteiger partial charge in [0.15, 0.2) is 19.0 Å². The van der Waals surface area contributed by atoms with Crippen LogP contribution in [0.5, 0.6) is 0 Å². The van der Waals surface area contributed by atoms with Crippen LogP contribution in [0, 0.1) is 19.1 Å². The Balaban J connectivity index is 1.61. The van der Waals surface area contributed by atoms with Gasteiger partial charge in [-0.2, -0.15) is 4.73 Å². The fourth-order valence-corrected chi connectivity index (χ4v) is 3.66. The molecule has 28 heavy (non-hydrogen) atoms. The van der Waals surface area contributed by atoms with Crippen molar-refractivity contribution in [3.05, 3.63) is 70.0 Å². The van der Waals surface area contributed by atoms with Gasteiger partial charge in [0.05, 0.1) is 5.56 Å². The summed E-state index contributed by atoms with van der Waals surface area (Å²) in [5.74, 6) is -0.841. The van der Waals surface area contributed by atoms with Crippen molar-refractivity contribution in [3.63, 3.8) is 0 Å². The van der Waals surface area contributed by atoms with Crippen LogP contribution in [0.4, 0.5) is 0 Å². The maximum absolute atomic E-state index is 12.6. The number of aryl methyl sites for hydroxylation is 1. The molecule has 0 aliphatic heterocycles. The van der Waals surface area contributed by atoms with Crippen LogP contribution in [0.25, 0.3) is 0 Å². The normalized spacial score (nSPS) is 13.9. The molecule has 2 aromatic rings. The summed E-state index contributed by atoms with van der Waals surface area (Å²) in [5, 5.41) is 11.0. The smallest absolute Gasteiger partial charge is 0.339 e. The number of allylic oxidation sites excluding steroid dienone is 2. The molecular weight excluding hydrogens is 356 g/mol. The van der Waals surface area contributed by atoms with Crippen LogP contribution < -0.4 is 4.73 Å². The number of carbonyl (C=O) groups is 2. The number of rotatable bonds is 7. The van der Waals surface area contributed by atoms with E-state index in [2.05, 4.69) is 10.6 Å². The Labute approximate surface area is 165 Å². The average Bonchev–Trinajstić information content (AvgIpc) is 2.99. The number of ether oxygens (including phenoxy) is 1. The Bertz CT molecular complexity index is 894. The highest BCUT2D eigenvalue weighted by Gasteiger charge is 2.18. The second-order valence-corrected chi connectivity index (χ2v) is 7.24. The average molecular weight is 382 g/mol. The number of carbonyl (C=O) groups excluding carboxylic acids is 2. The van der Waals surface area contributed by atoms with E-state index in [1.165, 1.54) is 55.8 Å².